The van der Waals surface area contributed by atoms with E-state index in [0.29, 0.717) is 36.4 Å². The van der Waals surface area contributed by atoms with Crippen molar-refractivity contribution in [1.82, 2.24) is 0 Å². The number of carbonyl (C=O) groups excluding carboxylic acids is 2. The average molecular weight is 393 g/mol. The smallest absolute Gasteiger partial charge is 0.302 e. The van der Waals surface area contributed by atoms with E-state index >= 15 is 0 Å². The lowest BCUT2D eigenvalue weighted by Crippen LogP contribution is -2.50. The first-order valence-corrected chi connectivity index (χ1v) is 11.1. The van der Waals surface area contributed by atoms with Gasteiger partial charge in [0, 0.05) is 13.8 Å². The summed E-state index contributed by atoms with van der Waals surface area (Å²) in [6, 6.07) is 0. The van der Waals surface area contributed by atoms with Crippen LogP contribution < -0.4 is 0 Å². The van der Waals surface area contributed by atoms with Crippen molar-refractivity contribution in [3.05, 3.63) is 11.6 Å². The highest BCUT2D eigenvalue weighted by Crippen LogP contribution is 2.62. The second kappa shape index (κ2) is 9.45. The Morgan fingerprint density at radius 1 is 1.14 bits per heavy atom. The summed E-state index contributed by atoms with van der Waals surface area (Å²) in [7, 11) is 0. The molecule has 0 unspecified atom stereocenters. The Bertz CT molecular complexity index is 595. The third-order valence-corrected chi connectivity index (χ3v) is 7.89. The van der Waals surface area contributed by atoms with Crippen molar-refractivity contribution >= 4 is 11.9 Å². The van der Waals surface area contributed by atoms with E-state index in [1.54, 1.807) is 0 Å². The first-order chi connectivity index (χ1) is 13.1. The molecule has 0 bridgehead atoms. The van der Waals surface area contributed by atoms with Gasteiger partial charge in [-0.1, -0.05) is 40.2 Å². The topological polar surface area (TPSA) is 52.6 Å². The Hall–Kier alpha value is -1.32. The lowest BCUT2D eigenvalue weighted by atomic mass is 9.46. The van der Waals surface area contributed by atoms with Crippen LogP contribution in [0.2, 0.25) is 0 Å². The second-order valence-corrected chi connectivity index (χ2v) is 9.78. The molecular formula is C24H40O4. The van der Waals surface area contributed by atoms with Gasteiger partial charge in [-0.3, -0.25) is 9.59 Å². The van der Waals surface area contributed by atoms with Crippen LogP contribution in [0.5, 0.6) is 0 Å². The van der Waals surface area contributed by atoms with E-state index in [1.807, 2.05) is 0 Å². The molecule has 4 nitrogen and oxygen atoms in total. The molecule has 0 aromatic carbocycles. The first-order valence-electron chi connectivity index (χ1n) is 11.1. The largest absolute Gasteiger partial charge is 0.466 e. The van der Waals surface area contributed by atoms with Gasteiger partial charge in [-0.15, -0.1) is 0 Å². The Balaban J connectivity index is 2.07. The van der Waals surface area contributed by atoms with Crippen LogP contribution in [0, 0.1) is 28.6 Å². The van der Waals surface area contributed by atoms with Crippen LogP contribution in [0.15, 0.2) is 11.6 Å². The fourth-order valence-corrected chi connectivity index (χ4v) is 5.71. The van der Waals surface area contributed by atoms with Crippen LogP contribution in [-0.4, -0.2) is 25.2 Å². The molecule has 0 heterocycles. The Kier molecular flexibility index (Phi) is 7.75. The molecule has 0 spiro atoms. The quantitative estimate of drug-likeness (QED) is 0.393. The Morgan fingerprint density at radius 3 is 2.46 bits per heavy atom. The molecule has 4 heteroatoms. The molecular weight excluding hydrogens is 352 g/mol. The van der Waals surface area contributed by atoms with E-state index in [9.17, 15) is 9.59 Å². The molecule has 0 aromatic rings. The average Bonchev–Trinajstić information content (AvgIpc) is 2.62. The molecule has 2 rings (SSSR count). The van der Waals surface area contributed by atoms with Gasteiger partial charge in [0.1, 0.15) is 6.61 Å². The van der Waals surface area contributed by atoms with Crippen LogP contribution in [0.4, 0.5) is 0 Å². The predicted molar refractivity (Wildman–Crippen MR) is 112 cm³/mol. The molecule has 28 heavy (non-hydrogen) atoms. The van der Waals surface area contributed by atoms with Crippen LogP contribution in [0.3, 0.4) is 0 Å². The third kappa shape index (κ3) is 5.18. The number of carbonyl (C=O) groups is 2. The number of hydrogen-bond acceptors (Lipinski definition) is 4. The third-order valence-electron chi connectivity index (χ3n) is 7.89. The number of esters is 2. The van der Waals surface area contributed by atoms with E-state index < -0.39 is 0 Å². The van der Waals surface area contributed by atoms with Gasteiger partial charge in [0.2, 0.25) is 0 Å². The molecule has 160 valence electrons. The lowest BCUT2D eigenvalue weighted by Gasteiger charge is -2.58. The standard InChI is InChI=1S/C24H40O4/c1-17(12-15-27-19(3)25)10-13-23(5)18(2)11-14-24(6)21(16-28-20(4)26)8-7-9-22(23)24/h8,17-18,22H,7,9-16H2,1-6H3/t17-,18+,22+,23-,24-/m0/s1. The van der Waals surface area contributed by atoms with Crippen LogP contribution >= 0.6 is 0 Å². The fraction of sp³-hybridized carbons (Fsp3) is 0.833. The summed E-state index contributed by atoms with van der Waals surface area (Å²) in [6.45, 7) is 13.5. The van der Waals surface area contributed by atoms with Gasteiger partial charge >= 0.3 is 11.9 Å². The maximum absolute atomic E-state index is 11.4. The number of ether oxygens (including phenoxy) is 2. The van der Waals surface area contributed by atoms with E-state index in [1.165, 1.54) is 45.1 Å². The molecule has 0 amide bonds. The van der Waals surface area contributed by atoms with Gasteiger partial charge in [-0.05, 0) is 72.7 Å². The fourth-order valence-electron chi connectivity index (χ4n) is 5.71. The van der Waals surface area contributed by atoms with E-state index in [4.69, 9.17) is 9.47 Å². The number of allylic oxidation sites excluding steroid dienone is 1. The maximum Gasteiger partial charge on any atom is 0.302 e. The summed E-state index contributed by atoms with van der Waals surface area (Å²) in [5.41, 5.74) is 1.76. The van der Waals surface area contributed by atoms with Crippen molar-refractivity contribution in [2.45, 2.75) is 86.5 Å². The summed E-state index contributed by atoms with van der Waals surface area (Å²) in [5, 5.41) is 0. The van der Waals surface area contributed by atoms with Crippen molar-refractivity contribution in [1.29, 1.82) is 0 Å². The van der Waals surface area contributed by atoms with Crippen molar-refractivity contribution < 1.29 is 19.1 Å². The highest BCUT2D eigenvalue weighted by Gasteiger charge is 2.53. The highest BCUT2D eigenvalue weighted by molar-refractivity contribution is 5.66. The van der Waals surface area contributed by atoms with E-state index in [0.717, 1.165) is 19.3 Å². The maximum atomic E-state index is 11.4. The highest BCUT2D eigenvalue weighted by atomic mass is 16.5. The van der Waals surface area contributed by atoms with Crippen molar-refractivity contribution in [3.8, 4) is 0 Å². The molecule has 0 aliphatic heterocycles. The van der Waals surface area contributed by atoms with Gasteiger partial charge in [-0.2, -0.15) is 0 Å². The normalized spacial score (nSPS) is 33.4. The van der Waals surface area contributed by atoms with E-state index in [2.05, 4.69) is 33.8 Å². The summed E-state index contributed by atoms with van der Waals surface area (Å²) in [6.07, 6.45) is 10.4. The zero-order valence-corrected chi connectivity index (χ0v) is 18.8. The molecule has 5 atom stereocenters. The minimum Gasteiger partial charge on any atom is -0.466 e. The zero-order valence-electron chi connectivity index (χ0n) is 18.8. The summed E-state index contributed by atoms with van der Waals surface area (Å²) < 4.78 is 10.5. The molecule has 0 aromatic heterocycles. The summed E-state index contributed by atoms with van der Waals surface area (Å²) in [4.78, 5) is 22.3. The lowest BCUT2D eigenvalue weighted by molar-refractivity contribution is -0.142. The zero-order chi connectivity index (χ0) is 20.9. The molecule has 2 aliphatic carbocycles. The van der Waals surface area contributed by atoms with Gasteiger partial charge in [0.25, 0.3) is 0 Å². The summed E-state index contributed by atoms with van der Waals surface area (Å²) in [5.74, 6) is 1.49. The first kappa shape index (κ1) is 23.0. The Labute approximate surface area is 171 Å². The van der Waals surface area contributed by atoms with Crippen LogP contribution in [-0.2, 0) is 19.1 Å². The number of hydrogen-bond donors (Lipinski definition) is 0. The molecule has 0 saturated heterocycles. The molecule has 0 N–H and O–H groups in total. The minimum atomic E-state index is -0.194. The monoisotopic (exact) mass is 392 g/mol. The molecule has 1 fully saturated rings. The number of rotatable bonds is 8. The molecule has 1 saturated carbocycles. The minimum absolute atomic E-state index is 0.135. The van der Waals surface area contributed by atoms with E-state index in [-0.39, 0.29) is 17.4 Å². The van der Waals surface area contributed by atoms with Crippen LogP contribution in [0.25, 0.3) is 0 Å². The van der Waals surface area contributed by atoms with Gasteiger partial charge in [0.05, 0.1) is 6.61 Å². The molecule has 2 aliphatic rings. The second-order valence-electron chi connectivity index (χ2n) is 9.78. The van der Waals surface area contributed by atoms with Gasteiger partial charge in [0.15, 0.2) is 0 Å². The summed E-state index contributed by atoms with van der Waals surface area (Å²) >= 11 is 0. The SMILES string of the molecule is CC(=O)OCC[C@@H](C)CC[C@@]1(C)[C@H](C)CC[C@@]2(C)C(COC(C)=O)=CCC[C@H]12. The van der Waals surface area contributed by atoms with Crippen molar-refractivity contribution in [2.75, 3.05) is 13.2 Å². The predicted octanol–water partition coefficient (Wildman–Crippen LogP) is 5.70. The van der Waals surface area contributed by atoms with Crippen LogP contribution in [0.1, 0.15) is 86.5 Å². The Morgan fingerprint density at radius 2 is 1.82 bits per heavy atom. The molecule has 0 radical (unpaired) electrons. The number of fused-ring (bicyclic) bond motifs is 1. The van der Waals surface area contributed by atoms with Gasteiger partial charge in [-0.25, -0.2) is 0 Å². The van der Waals surface area contributed by atoms with Crippen molar-refractivity contribution in [2.24, 2.45) is 28.6 Å². The van der Waals surface area contributed by atoms with Gasteiger partial charge < -0.3 is 9.47 Å². The van der Waals surface area contributed by atoms with Crippen molar-refractivity contribution in [3.63, 3.8) is 0 Å².